The molecule has 1 aliphatic rings. The topological polar surface area (TPSA) is 47.6 Å². The number of esters is 1. The third kappa shape index (κ3) is 3.20. The van der Waals surface area contributed by atoms with E-state index in [1.54, 1.807) is 7.11 Å². The summed E-state index contributed by atoms with van der Waals surface area (Å²) in [5.41, 5.74) is 3.71. The third-order valence-electron chi connectivity index (χ3n) is 3.43. The van der Waals surface area contributed by atoms with Crippen molar-refractivity contribution in [3.8, 4) is 5.75 Å². The maximum absolute atomic E-state index is 11.3. The molecule has 1 atom stereocenters. The van der Waals surface area contributed by atoms with Crippen LogP contribution in [0.2, 0.25) is 0 Å². The molecule has 1 unspecified atom stereocenters. The van der Waals surface area contributed by atoms with E-state index in [1.165, 1.54) is 16.7 Å². The van der Waals surface area contributed by atoms with Crippen molar-refractivity contribution in [1.29, 1.82) is 0 Å². The Labute approximate surface area is 119 Å². The molecular weight excluding hydrogens is 254 g/mol. The summed E-state index contributed by atoms with van der Waals surface area (Å²) >= 11 is 0. The van der Waals surface area contributed by atoms with Crippen LogP contribution >= 0.6 is 0 Å². The smallest absolute Gasteiger partial charge is 0.307 e. The predicted octanol–water partition coefficient (Wildman–Crippen LogP) is 2.48. The van der Waals surface area contributed by atoms with Crippen molar-refractivity contribution >= 4 is 17.6 Å². The minimum atomic E-state index is -0.156. The first-order valence-corrected chi connectivity index (χ1v) is 6.94. The number of rotatable bonds is 7. The van der Waals surface area contributed by atoms with E-state index in [4.69, 9.17) is 9.47 Å². The normalized spacial score (nSPS) is 13.8. The summed E-state index contributed by atoms with van der Waals surface area (Å²) < 4.78 is 10.1. The summed E-state index contributed by atoms with van der Waals surface area (Å²) in [6.07, 6.45) is 2.56. The van der Waals surface area contributed by atoms with Crippen molar-refractivity contribution in [3.63, 3.8) is 0 Å². The van der Waals surface area contributed by atoms with E-state index in [0.29, 0.717) is 19.6 Å². The van der Waals surface area contributed by atoms with Gasteiger partial charge in [0.05, 0.1) is 20.1 Å². The molecule has 2 rings (SSSR count). The van der Waals surface area contributed by atoms with Crippen molar-refractivity contribution in [2.45, 2.75) is 26.3 Å². The van der Waals surface area contributed by atoms with Crippen molar-refractivity contribution in [2.24, 2.45) is 0 Å². The predicted molar refractivity (Wildman–Crippen MR) is 79.6 cm³/mol. The van der Waals surface area contributed by atoms with Crippen LogP contribution in [-0.4, -0.2) is 32.3 Å². The van der Waals surface area contributed by atoms with Crippen molar-refractivity contribution in [2.75, 3.05) is 20.3 Å². The van der Waals surface area contributed by atoms with Gasteiger partial charge in [0.1, 0.15) is 5.75 Å². The highest BCUT2D eigenvalue weighted by Crippen LogP contribution is 2.36. The van der Waals surface area contributed by atoms with E-state index in [0.717, 1.165) is 5.75 Å². The summed E-state index contributed by atoms with van der Waals surface area (Å²) in [6, 6.07) is 6.28. The number of hydrogen-bond acceptors (Lipinski definition) is 4. The van der Waals surface area contributed by atoms with Crippen LogP contribution in [0.25, 0.3) is 11.6 Å². The van der Waals surface area contributed by atoms with Crippen LogP contribution in [0.15, 0.2) is 18.2 Å². The first kappa shape index (κ1) is 14.6. The molecule has 0 radical (unpaired) electrons. The highest BCUT2D eigenvalue weighted by atomic mass is 16.5. The Balaban J connectivity index is 1.85. The van der Waals surface area contributed by atoms with Crippen LogP contribution in [0.4, 0.5) is 0 Å². The van der Waals surface area contributed by atoms with Gasteiger partial charge in [0.15, 0.2) is 0 Å². The maximum atomic E-state index is 11.3. The van der Waals surface area contributed by atoms with Gasteiger partial charge in [-0.3, -0.25) is 4.79 Å². The minimum Gasteiger partial charge on any atom is -0.497 e. The van der Waals surface area contributed by atoms with Crippen LogP contribution in [0.5, 0.6) is 5.75 Å². The Bertz CT molecular complexity index is 522. The molecule has 1 aromatic carbocycles. The number of benzene rings is 1. The van der Waals surface area contributed by atoms with Crippen LogP contribution in [0.3, 0.4) is 0 Å². The molecule has 1 N–H and O–H groups in total. The number of nitrogens with one attached hydrogen (secondary N) is 1. The van der Waals surface area contributed by atoms with E-state index in [2.05, 4.69) is 24.4 Å². The Morgan fingerprint density at radius 1 is 1.40 bits per heavy atom. The summed E-state index contributed by atoms with van der Waals surface area (Å²) in [4.78, 5) is 11.3. The molecule has 108 valence electrons. The zero-order valence-electron chi connectivity index (χ0n) is 12.2. The number of carbonyl (C=O) groups is 1. The molecule has 20 heavy (non-hydrogen) atoms. The fourth-order valence-electron chi connectivity index (χ4n) is 2.30. The standard InChI is InChI=1S/C16H21NO3/c1-4-20-16(18)7-8-17-11(2)14-9-12-5-6-13(19-3)10-15(12)14/h5-6,9-11,17H,4,7-8H2,1-3H3. The fraction of sp³-hybridized carbons (Fsp3) is 0.438. The molecule has 0 aliphatic heterocycles. The quantitative estimate of drug-likeness (QED) is 0.777. The number of ether oxygens (including phenoxy) is 2. The molecule has 1 aliphatic carbocycles. The van der Waals surface area contributed by atoms with Gasteiger partial charge in [-0.15, -0.1) is 0 Å². The first-order valence-electron chi connectivity index (χ1n) is 6.94. The molecule has 4 heteroatoms. The van der Waals surface area contributed by atoms with Crippen molar-refractivity contribution in [1.82, 2.24) is 5.32 Å². The summed E-state index contributed by atoms with van der Waals surface area (Å²) in [5.74, 6) is 0.713. The van der Waals surface area contributed by atoms with Gasteiger partial charge in [-0.1, -0.05) is 6.07 Å². The molecular formula is C16H21NO3. The lowest BCUT2D eigenvalue weighted by Gasteiger charge is -2.26. The molecule has 0 aromatic heterocycles. The van der Waals surface area contributed by atoms with E-state index in [9.17, 15) is 4.79 Å². The van der Waals surface area contributed by atoms with Gasteiger partial charge < -0.3 is 14.8 Å². The van der Waals surface area contributed by atoms with Crippen LogP contribution < -0.4 is 10.1 Å². The fourth-order valence-corrected chi connectivity index (χ4v) is 2.30. The van der Waals surface area contributed by atoms with Gasteiger partial charge in [0.2, 0.25) is 0 Å². The minimum absolute atomic E-state index is 0.156. The molecule has 4 nitrogen and oxygen atoms in total. The highest BCUT2D eigenvalue weighted by Gasteiger charge is 2.21. The van der Waals surface area contributed by atoms with E-state index >= 15 is 0 Å². The Kier molecular flexibility index (Phi) is 4.79. The van der Waals surface area contributed by atoms with E-state index in [-0.39, 0.29) is 12.0 Å². The average Bonchev–Trinajstić information content (AvgIpc) is 2.40. The lowest BCUT2D eigenvalue weighted by atomic mass is 9.84. The number of methoxy groups -OCH3 is 1. The molecule has 1 aromatic rings. The molecule has 0 heterocycles. The third-order valence-corrected chi connectivity index (χ3v) is 3.43. The van der Waals surface area contributed by atoms with E-state index in [1.807, 2.05) is 19.1 Å². The van der Waals surface area contributed by atoms with Crippen LogP contribution in [0.1, 0.15) is 31.4 Å². The largest absolute Gasteiger partial charge is 0.497 e. The van der Waals surface area contributed by atoms with Crippen molar-refractivity contribution < 1.29 is 14.3 Å². The second-order valence-electron chi connectivity index (χ2n) is 4.78. The molecule has 0 amide bonds. The number of fused-ring (bicyclic) bond motifs is 1. The zero-order chi connectivity index (χ0) is 14.5. The van der Waals surface area contributed by atoms with Gasteiger partial charge in [-0.05, 0) is 48.8 Å². The first-order chi connectivity index (χ1) is 9.65. The SMILES string of the molecule is CCOC(=O)CCNC(C)C1=Cc2ccc(OC)cc21. The van der Waals surface area contributed by atoms with Crippen LogP contribution in [0, 0.1) is 0 Å². The summed E-state index contributed by atoms with van der Waals surface area (Å²) in [5, 5.41) is 3.34. The summed E-state index contributed by atoms with van der Waals surface area (Å²) in [7, 11) is 1.67. The van der Waals surface area contributed by atoms with E-state index < -0.39 is 0 Å². The molecule has 0 saturated heterocycles. The Morgan fingerprint density at radius 3 is 2.90 bits per heavy atom. The molecule has 0 spiro atoms. The van der Waals surface area contributed by atoms with Gasteiger partial charge in [-0.2, -0.15) is 0 Å². The number of hydrogen-bond donors (Lipinski definition) is 1. The lowest BCUT2D eigenvalue weighted by molar-refractivity contribution is -0.142. The lowest BCUT2D eigenvalue weighted by Crippen LogP contribution is -2.31. The monoisotopic (exact) mass is 275 g/mol. The molecule has 0 saturated carbocycles. The number of carbonyl (C=O) groups excluding carboxylic acids is 1. The molecule has 0 fully saturated rings. The zero-order valence-corrected chi connectivity index (χ0v) is 12.2. The van der Waals surface area contributed by atoms with Gasteiger partial charge >= 0.3 is 5.97 Å². The Morgan fingerprint density at radius 2 is 2.20 bits per heavy atom. The summed E-state index contributed by atoms with van der Waals surface area (Å²) in [6.45, 7) is 4.97. The van der Waals surface area contributed by atoms with Crippen LogP contribution in [-0.2, 0) is 9.53 Å². The second-order valence-corrected chi connectivity index (χ2v) is 4.78. The highest BCUT2D eigenvalue weighted by molar-refractivity contribution is 5.97. The average molecular weight is 275 g/mol. The van der Waals surface area contributed by atoms with Gasteiger partial charge in [0.25, 0.3) is 0 Å². The molecule has 0 bridgehead atoms. The van der Waals surface area contributed by atoms with Gasteiger partial charge in [0, 0.05) is 12.6 Å². The van der Waals surface area contributed by atoms with Gasteiger partial charge in [-0.25, -0.2) is 0 Å². The second kappa shape index (κ2) is 6.57. The maximum Gasteiger partial charge on any atom is 0.307 e. The van der Waals surface area contributed by atoms with Crippen molar-refractivity contribution in [3.05, 3.63) is 29.3 Å². The Hall–Kier alpha value is -1.81.